The van der Waals surface area contributed by atoms with Crippen molar-refractivity contribution in [1.29, 1.82) is 0 Å². The Bertz CT molecular complexity index is 984. The molecule has 3 rings (SSSR count). The van der Waals surface area contributed by atoms with Crippen LogP contribution in [0, 0.1) is 24.0 Å². The van der Waals surface area contributed by atoms with Crippen LogP contribution in [0.5, 0.6) is 5.88 Å². The lowest BCUT2D eigenvalue weighted by molar-refractivity contribution is -0.384. The lowest BCUT2D eigenvalue weighted by atomic mass is 10.0. The van der Waals surface area contributed by atoms with Gasteiger partial charge in [-0.25, -0.2) is 4.79 Å². The van der Waals surface area contributed by atoms with Crippen molar-refractivity contribution in [1.82, 2.24) is 10.2 Å². The number of nitro groups is 1. The molecule has 0 saturated carbocycles. The number of non-ortho nitro benzene ring substituents is 1. The van der Waals surface area contributed by atoms with Crippen LogP contribution in [0.25, 0.3) is 11.3 Å². The highest BCUT2D eigenvalue weighted by molar-refractivity contribution is 5.91. The van der Waals surface area contributed by atoms with Gasteiger partial charge in [0.05, 0.1) is 16.2 Å². The van der Waals surface area contributed by atoms with Gasteiger partial charge in [0.1, 0.15) is 0 Å². The van der Waals surface area contributed by atoms with Crippen molar-refractivity contribution in [3.63, 3.8) is 0 Å². The summed E-state index contributed by atoms with van der Waals surface area (Å²) < 4.78 is 5.14. The second-order valence-corrected chi connectivity index (χ2v) is 5.77. The van der Waals surface area contributed by atoms with E-state index in [1.807, 2.05) is 32.0 Å². The molecular weight excluding hydrogens is 334 g/mol. The molecule has 2 aromatic carbocycles. The van der Waals surface area contributed by atoms with Crippen LogP contribution < -0.4 is 4.74 Å². The molecule has 3 aromatic rings. The number of hydrogen-bond acceptors (Lipinski definition) is 6. The van der Waals surface area contributed by atoms with Crippen molar-refractivity contribution in [2.45, 2.75) is 13.8 Å². The first-order valence-corrected chi connectivity index (χ1v) is 7.82. The second kappa shape index (κ2) is 7.10. The Morgan fingerprint density at radius 2 is 1.85 bits per heavy atom. The summed E-state index contributed by atoms with van der Waals surface area (Å²) in [5, 5.41) is 18.8. The molecule has 0 unspecified atom stereocenters. The fourth-order valence-corrected chi connectivity index (χ4v) is 2.43. The average molecular weight is 349 g/mol. The van der Waals surface area contributed by atoms with E-state index in [0.29, 0.717) is 5.69 Å². The van der Waals surface area contributed by atoms with Crippen molar-refractivity contribution in [2.75, 3.05) is 0 Å². The van der Waals surface area contributed by atoms with Crippen LogP contribution in [0.4, 0.5) is 5.69 Å². The number of aryl methyl sites for hydroxylation is 2. The third kappa shape index (κ3) is 3.72. The molecule has 0 saturated heterocycles. The van der Waals surface area contributed by atoms with Crippen molar-refractivity contribution in [3.8, 4) is 17.1 Å². The zero-order valence-corrected chi connectivity index (χ0v) is 14.2. The summed E-state index contributed by atoms with van der Waals surface area (Å²) in [6, 6.07) is 14.6. The maximum absolute atomic E-state index is 12.1. The molecule has 1 heterocycles. The molecule has 0 amide bonds. The van der Waals surface area contributed by atoms with Crippen LogP contribution in [-0.2, 0) is 0 Å². The minimum absolute atomic E-state index is 0.0237. The lowest BCUT2D eigenvalue weighted by Crippen LogP contribution is -2.10. The number of carbonyl (C=O) groups excluding carboxylic acids is 1. The van der Waals surface area contributed by atoms with Crippen molar-refractivity contribution in [3.05, 3.63) is 81.4 Å². The Labute approximate surface area is 149 Å². The molecule has 0 aliphatic rings. The molecule has 0 aliphatic carbocycles. The maximum atomic E-state index is 12.1. The first-order valence-electron chi connectivity index (χ1n) is 7.82. The highest BCUT2D eigenvalue weighted by Crippen LogP contribution is 2.23. The monoisotopic (exact) mass is 349 g/mol. The van der Waals surface area contributed by atoms with Crippen molar-refractivity contribution < 1.29 is 14.5 Å². The summed E-state index contributed by atoms with van der Waals surface area (Å²) in [6.07, 6.45) is 0. The van der Waals surface area contributed by atoms with Gasteiger partial charge in [0, 0.05) is 23.8 Å². The molecule has 26 heavy (non-hydrogen) atoms. The Balaban J connectivity index is 1.79. The molecule has 130 valence electrons. The van der Waals surface area contributed by atoms with Gasteiger partial charge in [-0.1, -0.05) is 23.8 Å². The SMILES string of the molecule is Cc1ccc(C)c(-c2ccc(OC(=O)c3cccc([N+](=O)[O-])c3)nn2)c1. The van der Waals surface area contributed by atoms with E-state index in [9.17, 15) is 14.9 Å². The normalized spacial score (nSPS) is 10.4. The zero-order chi connectivity index (χ0) is 18.7. The van der Waals surface area contributed by atoms with Gasteiger partial charge in [-0.3, -0.25) is 10.1 Å². The maximum Gasteiger partial charge on any atom is 0.345 e. The minimum atomic E-state index is -0.734. The molecule has 0 N–H and O–H groups in total. The van der Waals surface area contributed by atoms with Crippen LogP contribution >= 0.6 is 0 Å². The molecule has 7 nitrogen and oxygen atoms in total. The highest BCUT2D eigenvalue weighted by atomic mass is 16.6. The highest BCUT2D eigenvalue weighted by Gasteiger charge is 2.14. The molecule has 0 atom stereocenters. The van der Waals surface area contributed by atoms with E-state index < -0.39 is 10.9 Å². The molecule has 0 radical (unpaired) electrons. The van der Waals surface area contributed by atoms with Gasteiger partial charge in [-0.05, 0) is 37.6 Å². The Kier molecular flexibility index (Phi) is 4.70. The van der Waals surface area contributed by atoms with Crippen molar-refractivity contribution >= 4 is 11.7 Å². The van der Waals surface area contributed by atoms with E-state index in [0.717, 1.165) is 22.8 Å². The van der Waals surface area contributed by atoms with E-state index in [-0.39, 0.29) is 17.1 Å². The summed E-state index contributed by atoms with van der Waals surface area (Å²) in [5.41, 5.74) is 3.67. The third-order valence-corrected chi connectivity index (χ3v) is 3.80. The Hall–Kier alpha value is -3.61. The van der Waals surface area contributed by atoms with Crippen LogP contribution in [-0.4, -0.2) is 21.1 Å². The van der Waals surface area contributed by atoms with Crippen LogP contribution in [0.15, 0.2) is 54.6 Å². The van der Waals surface area contributed by atoms with E-state index >= 15 is 0 Å². The molecule has 0 bridgehead atoms. The Morgan fingerprint density at radius 1 is 1.04 bits per heavy atom. The van der Waals surface area contributed by atoms with Gasteiger partial charge < -0.3 is 4.74 Å². The largest absolute Gasteiger partial charge is 0.402 e. The van der Waals surface area contributed by atoms with Crippen LogP contribution in [0.3, 0.4) is 0 Å². The molecule has 7 heteroatoms. The number of benzene rings is 2. The van der Waals surface area contributed by atoms with Gasteiger partial charge in [0.25, 0.3) is 5.69 Å². The third-order valence-electron chi connectivity index (χ3n) is 3.80. The summed E-state index contributed by atoms with van der Waals surface area (Å²) in [7, 11) is 0. The number of nitrogens with zero attached hydrogens (tertiary/aromatic N) is 3. The first kappa shape index (κ1) is 17.2. The van der Waals surface area contributed by atoms with E-state index in [1.165, 1.54) is 18.2 Å². The molecular formula is C19H15N3O4. The van der Waals surface area contributed by atoms with E-state index in [4.69, 9.17) is 4.74 Å². The summed E-state index contributed by atoms with van der Waals surface area (Å²) in [4.78, 5) is 22.3. The number of carbonyl (C=O) groups is 1. The predicted octanol–water partition coefficient (Wildman–Crippen LogP) is 3.89. The number of nitro benzene ring substituents is 1. The summed E-state index contributed by atoms with van der Waals surface area (Å²) >= 11 is 0. The van der Waals surface area contributed by atoms with Gasteiger partial charge in [-0.2, -0.15) is 0 Å². The topological polar surface area (TPSA) is 95.2 Å². The van der Waals surface area contributed by atoms with Crippen LogP contribution in [0.1, 0.15) is 21.5 Å². The first-order chi connectivity index (χ1) is 12.4. The van der Waals surface area contributed by atoms with Gasteiger partial charge in [0.2, 0.25) is 5.88 Å². The second-order valence-electron chi connectivity index (χ2n) is 5.77. The lowest BCUT2D eigenvalue weighted by Gasteiger charge is -2.07. The van der Waals surface area contributed by atoms with Gasteiger partial charge >= 0.3 is 5.97 Å². The number of esters is 1. The smallest absolute Gasteiger partial charge is 0.345 e. The predicted molar refractivity (Wildman–Crippen MR) is 95.0 cm³/mol. The summed E-state index contributed by atoms with van der Waals surface area (Å²) in [5.74, 6) is -0.710. The van der Waals surface area contributed by atoms with E-state index in [2.05, 4.69) is 10.2 Å². The summed E-state index contributed by atoms with van der Waals surface area (Å²) in [6.45, 7) is 3.97. The molecule has 1 aromatic heterocycles. The number of aromatic nitrogens is 2. The molecule has 0 fully saturated rings. The fourth-order valence-electron chi connectivity index (χ4n) is 2.43. The fraction of sp³-hybridized carbons (Fsp3) is 0.105. The number of hydrogen-bond donors (Lipinski definition) is 0. The quantitative estimate of drug-likeness (QED) is 0.403. The van der Waals surface area contributed by atoms with E-state index in [1.54, 1.807) is 12.1 Å². The standard InChI is InChI=1S/C19H15N3O4/c1-12-6-7-13(2)16(10-12)17-8-9-18(21-20-17)26-19(23)14-4-3-5-15(11-14)22(24)25/h3-11H,1-2H3. The molecule has 0 aliphatic heterocycles. The van der Waals surface area contributed by atoms with Gasteiger partial charge in [-0.15, -0.1) is 10.2 Å². The average Bonchev–Trinajstić information content (AvgIpc) is 2.64. The van der Waals surface area contributed by atoms with Gasteiger partial charge in [0.15, 0.2) is 0 Å². The number of ether oxygens (including phenoxy) is 1. The van der Waals surface area contributed by atoms with Crippen molar-refractivity contribution in [2.24, 2.45) is 0 Å². The number of rotatable bonds is 4. The Morgan fingerprint density at radius 3 is 2.54 bits per heavy atom. The zero-order valence-electron chi connectivity index (χ0n) is 14.2. The molecule has 0 spiro atoms. The van der Waals surface area contributed by atoms with Crippen LogP contribution in [0.2, 0.25) is 0 Å². The minimum Gasteiger partial charge on any atom is -0.402 e.